The molecule has 0 aromatic rings. The molecule has 0 atom stereocenters. The molecule has 3 amide bonds. The Morgan fingerprint density at radius 3 is 2.25 bits per heavy atom. The van der Waals surface area contributed by atoms with Gasteiger partial charge in [-0.1, -0.05) is 13.3 Å². The van der Waals surface area contributed by atoms with E-state index in [0.717, 1.165) is 25.7 Å². The molecule has 0 aliphatic carbocycles. The molecule has 3 N–H and O–H groups in total. The number of nitrogens with two attached hydrogens (primary N) is 1. The van der Waals surface area contributed by atoms with Crippen LogP contribution in [0.1, 0.15) is 39.0 Å². The standard InChI is InChI=1S/C13H24N4O3/c1-2-7-16-9-10-17(13(20)12(16)19)8-5-3-4-6-11(18)15-14/h2-10,14H2,1H3,(H,15,18). The lowest BCUT2D eigenvalue weighted by molar-refractivity contribution is -0.156. The number of unbranched alkanes of at least 4 members (excludes halogenated alkanes) is 2. The summed E-state index contributed by atoms with van der Waals surface area (Å²) in [5.74, 6) is 4.02. The first-order valence-electron chi connectivity index (χ1n) is 7.17. The molecule has 1 saturated heterocycles. The third kappa shape index (κ3) is 4.80. The Bertz CT molecular complexity index is 360. The summed E-state index contributed by atoms with van der Waals surface area (Å²) >= 11 is 0. The van der Waals surface area contributed by atoms with Gasteiger partial charge in [0.1, 0.15) is 0 Å². The van der Waals surface area contributed by atoms with Crippen molar-refractivity contribution in [3.05, 3.63) is 0 Å². The Hall–Kier alpha value is -1.63. The Balaban J connectivity index is 2.23. The van der Waals surface area contributed by atoms with Crippen LogP contribution in [0.25, 0.3) is 0 Å². The molecule has 20 heavy (non-hydrogen) atoms. The van der Waals surface area contributed by atoms with E-state index >= 15 is 0 Å². The van der Waals surface area contributed by atoms with Crippen molar-refractivity contribution in [2.24, 2.45) is 5.84 Å². The molecule has 0 radical (unpaired) electrons. The summed E-state index contributed by atoms with van der Waals surface area (Å²) in [6.45, 7) is 4.44. The molecule has 7 heteroatoms. The van der Waals surface area contributed by atoms with Gasteiger partial charge in [0.2, 0.25) is 5.91 Å². The number of nitrogens with zero attached hydrogens (tertiary/aromatic N) is 2. The van der Waals surface area contributed by atoms with Gasteiger partial charge in [-0.25, -0.2) is 5.84 Å². The molecule has 114 valence electrons. The van der Waals surface area contributed by atoms with Gasteiger partial charge < -0.3 is 9.80 Å². The van der Waals surface area contributed by atoms with Gasteiger partial charge in [-0.05, 0) is 19.3 Å². The maximum absolute atomic E-state index is 11.9. The number of hydrogen-bond donors (Lipinski definition) is 2. The molecule has 1 fully saturated rings. The van der Waals surface area contributed by atoms with Crippen molar-refractivity contribution >= 4 is 17.7 Å². The minimum atomic E-state index is -0.399. The molecular formula is C13H24N4O3. The molecule has 1 heterocycles. The van der Waals surface area contributed by atoms with E-state index in [9.17, 15) is 14.4 Å². The van der Waals surface area contributed by atoms with Crippen LogP contribution < -0.4 is 11.3 Å². The molecule has 1 aliphatic rings. The number of carbonyl (C=O) groups is 3. The molecular weight excluding hydrogens is 260 g/mol. The predicted octanol–water partition coefficient (Wildman–Crippen LogP) is -0.382. The number of amides is 3. The smallest absolute Gasteiger partial charge is 0.312 e. The zero-order valence-electron chi connectivity index (χ0n) is 12.1. The highest BCUT2D eigenvalue weighted by Gasteiger charge is 2.31. The summed E-state index contributed by atoms with van der Waals surface area (Å²) in [7, 11) is 0. The molecule has 1 rings (SSSR count). The fourth-order valence-corrected chi connectivity index (χ4v) is 2.25. The van der Waals surface area contributed by atoms with Crippen molar-refractivity contribution in [3.8, 4) is 0 Å². The van der Waals surface area contributed by atoms with Gasteiger partial charge in [-0.15, -0.1) is 0 Å². The first-order chi connectivity index (χ1) is 9.60. The lowest BCUT2D eigenvalue weighted by Crippen LogP contribution is -2.54. The maximum Gasteiger partial charge on any atom is 0.312 e. The number of rotatable bonds is 8. The van der Waals surface area contributed by atoms with Gasteiger partial charge >= 0.3 is 11.8 Å². The van der Waals surface area contributed by atoms with E-state index < -0.39 is 5.91 Å². The zero-order valence-corrected chi connectivity index (χ0v) is 12.1. The number of hydrogen-bond acceptors (Lipinski definition) is 4. The van der Waals surface area contributed by atoms with Crippen molar-refractivity contribution in [2.45, 2.75) is 39.0 Å². The van der Waals surface area contributed by atoms with Gasteiger partial charge in [0.15, 0.2) is 0 Å². The monoisotopic (exact) mass is 284 g/mol. The Labute approximate surface area is 119 Å². The van der Waals surface area contributed by atoms with E-state index in [-0.39, 0.29) is 11.8 Å². The fraction of sp³-hybridized carbons (Fsp3) is 0.769. The third-order valence-electron chi connectivity index (χ3n) is 3.38. The van der Waals surface area contributed by atoms with Crippen LogP contribution in [0.2, 0.25) is 0 Å². The summed E-state index contributed by atoms with van der Waals surface area (Å²) in [6, 6.07) is 0. The Kier molecular flexibility index (Phi) is 7.00. The van der Waals surface area contributed by atoms with Crippen LogP contribution >= 0.6 is 0 Å². The Morgan fingerprint density at radius 2 is 1.70 bits per heavy atom. The summed E-state index contributed by atoms with van der Waals surface area (Å²) < 4.78 is 0. The quantitative estimate of drug-likeness (QED) is 0.209. The summed E-state index contributed by atoms with van der Waals surface area (Å²) in [5.41, 5.74) is 2.08. The van der Waals surface area contributed by atoms with Gasteiger partial charge in [0, 0.05) is 32.6 Å². The molecule has 7 nitrogen and oxygen atoms in total. The SMILES string of the molecule is CCCN1CCN(CCCCCC(=O)NN)C(=O)C1=O. The van der Waals surface area contributed by atoms with Gasteiger partial charge in [-0.3, -0.25) is 19.8 Å². The minimum absolute atomic E-state index is 0.176. The molecule has 0 spiro atoms. The van der Waals surface area contributed by atoms with E-state index in [2.05, 4.69) is 5.43 Å². The topological polar surface area (TPSA) is 95.7 Å². The van der Waals surface area contributed by atoms with E-state index in [1.807, 2.05) is 6.92 Å². The largest absolute Gasteiger partial charge is 0.333 e. The van der Waals surface area contributed by atoms with Crippen LogP contribution in [0.4, 0.5) is 0 Å². The first kappa shape index (κ1) is 16.4. The summed E-state index contributed by atoms with van der Waals surface area (Å²) in [4.78, 5) is 37.8. The zero-order chi connectivity index (χ0) is 15.0. The van der Waals surface area contributed by atoms with Crippen LogP contribution in [0.15, 0.2) is 0 Å². The normalized spacial score (nSPS) is 15.7. The number of carbonyl (C=O) groups excluding carboxylic acids is 3. The Morgan fingerprint density at radius 1 is 1.10 bits per heavy atom. The number of nitrogens with one attached hydrogen (secondary N) is 1. The molecule has 0 aromatic heterocycles. The summed E-state index contributed by atoms with van der Waals surface area (Å²) in [5, 5.41) is 0. The van der Waals surface area contributed by atoms with Crippen LogP contribution in [0, 0.1) is 0 Å². The van der Waals surface area contributed by atoms with Crippen LogP contribution in [0.3, 0.4) is 0 Å². The van der Waals surface area contributed by atoms with E-state index in [1.165, 1.54) is 0 Å². The second kappa shape index (κ2) is 8.52. The maximum atomic E-state index is 11.9. The lowest BCUT2D eigenvalue weighted by Gasteiger charge is -2.33. The highest BCUT2D eigenvalue weighted by molar-refractivity contribution is 6.35. The fourth-order valence-electron chi connectivity index (χ4n) is 2.25. The average molecular weight is 284 g/mol. The second-order valence-corrected chi connectivity index (χ2v) is 4.96. The van der Waals surface area contributed by atoms with Crippen molar-refractivity contribution in [3.63, 3.8) is 0 Å². The van der Waals surface area contributed by atoms with Gasteiger partial charge in [0.05, 0.1) is 0 Å². The highest BCUT2D eigenvalue weighted by atomic mass is 16.2. The van der Waals surface area contributed by atoms with Gasteiger partial charge in [0.25, 0.3) is 0 Å². The first-order valence-corrected chi connectivity index (χ1v) is 7.17. The van der Waals surface area contributed by atoms with Crippen molar-refractivity contribution in [2.75, 3.05) is 26.2 Å². The van der Waals surface area contributed by atoms with Crippen molar-refractivity contribution < 1.29 is 14.4 Å². The average Bonchev–Trinajstić information content (AvgIpc) is 2.45. The van der Waals surface area contributed by atoms with E-state index in [0.29, 0.717) is 32.6 Å². The minimum Gasteiger partial charge on any atom is -0.333 e. The summed E-state index contributed by atoms with van der Waals surface area (Å²) in [6.07, 6.45) is 3.63. The molecule has 0 saturated carbocycles. The number of piperazine rings is 1. The van der Waals surface area contributed by atoms with Crippen molar-refractivity contribution in [1.82, 2.24) is 15.2 Å². The van der Waals surface area contributed by atoms with Crippen LogP contribution in [-0.2, 0) is 14.4 Å². The second-order valence-electron chi connectivity index (χ2n) is 4.96. The predicted molar refractivity (Wildman–Crippen MR) is 74.2 cm³/mol. The molecule has 0 unspecified atom stereocenters. The third-order valence-corrected chi connectivity index (χ3v) is 3.38. The molecule has 1 aliphatic heterocycles. The molecule has 0 bridgehead atoms. The van der Waals surface area contributed by atoms with Crippen molar-refractivity contribution in [1.29, 1.82) is 0 Å². The highest BCUT2D eigenvalue weighted by Crippen LogP contribution is 2.08. The van der Waals surface area contributed by atoms with E-state index in [4.69, 9.17) is 5.84 Å². The lowest BCUT2D eigenvalue weighted by atomic mass is 10.1. The van der Waals surface area contributed by atoms with E-state index in [1.54, 1.807) is 9.80 Å². The van der Waals surface area contributed by atoms with Crippen LogP contribution in [-0.4, -0.2) is 53.7 Å². The van der Waals surface area contributed by atoms with Gasteiger partial charge in [-0.2, -0.15) is 0 Å². The molecule has 0 aromatic carbocycles. The van der Waals surface area contributed by atoms with Crippen LogP contribution in [0.5, 0.6) is 0 Å². The number of hydrazine groups is 1.